The molecule has 2 atom stereocenters. The van der Waals surface area contributed by atoms with Crippen molar-refractivity contribution < 1.29 is 16.4 Å². The Morgan fingerprint density at radius 2 is 1.05 bits per heavy atom. The highest BCUT2D eigenvalue weighted by molar-refractivity contribution is 5.76. The minimum absolute atomic E-state index is 0.0711. The predicted molar refractivity (Wildman–Crippen MR) is 175 cm³/mol. The molecule has 0 saturated carbocycles. The molecule has 0 heterocycles. The molecule has 0 aromatic rings. The molecule has 0 aromatic heterocycles. The van der Waals surface area contributed by atoms with Crippen molar-refractivity contribution in [1.29, 1.82) is 0 Å². The molecular formula is C36H71NO3. The van der Waals surface area contributed by atoms with E-state index in [2.05, 4.69) is 12.2 Å². The van der Waals surface area contributed by atoms with Gasteiger partial charge in [-0.15, -0.1) is 0 Å². The SMILES string of the molecule is [2H]CCCCCCCCCCCCCCCCCC(=O)N[C@@H](CO)[C@H](O)/C=C/CCCCCCCCCCCCC. The summed E-state index contributed by atoms with van der Waals surface area (Å²) in [5, 5.41) is 22.8. The summed E-state index contributed by atoms with van der Waals surface area (Å²) in [5.41, 5.74) is 0. The topological polar surface area (TPSA) is 69.6 Å². The number of rotatable bonds is 32. The molecule has 4 heteroatoms. The highest BCUT2D eigenvalue weighted by atomic mass is 16.3. The lowest BCUT2D eigenvalue weighted by atomic mass is 10.0. The van der Waals surface area contributed by atoms with Crippen LogP contribution in [0.15, 0.2) is 12.2 Å². The van der Waals surface area contributed by atoms with Gasteiger partial charge in [0.15, 0.2) is 0 Å². The first-order valence-corrected chi connectivity index (χ1v) is 17.7. The maximum atomic E-state index is 12.3. The van der Waals surface area contributed by atoms with Crippen molar-refractivity contribution in [3.63, 3.8) is 0 Å². The molecular weight excluding hydrogens is 494 g/mol. The van der Waals surface area contributed by atoms with Gasteiger partial charge in [-0.25, -0.2) is 0 Å². The van der Waals surface area contributed by atoms with E-state index >= 15 is 0 Å². The van der Waals surface area contributed by atoms with E-state index in [1.807, 2.05) is 6.08 Å². The summed E-state index contributed by atoms with van der Waals surface area (Å²) >= 11 is 0. The number of aliphatic hydroxyl groups excluding tert-OH is 2. The summed E-state index contributed by atoms with van der Waals surface area (Å²) in [6, 6.07) is -0.621. The maximum Gasteiger partial charge on any atom is 0.220 e. The average molecular weight is 567 g/mol. The van der Waals surface area contributed by atoms with Gasteiger partial charge in [-0.1, -0.05) is 180 Å². The number of aliphatic hydroxyl groups is 2. The third-order valence-electron chi connectivity index (χ3n) is 8.17. The van der Waals surface area contributed by atoms with E-state index < -0.39 is 12.1 Å². The first kappa shape index (κ1) is 37.2. The smallest absolute Gasteiger partial charge is 0.220 e. The molecule has 0 aromatic carbocycles. The van der Waals surface area contributed by atoms with Gasteiger partial charge >= 0.3 is 0 Å². The average Bonchev–Trinajstić information content (AvgIpc) is 2.97. The standard InChI is InChI=1S/C36H71NO3/c1-3-5-7-9-11-13-15-17-18-20-22-24-26-28-30-32-36(40)37-34(33-38)35(39)31-29-27-25-23-21-19-16-14-12-10-8-6-4-2/h29,31,34-35,38-39H,3-28,30,32-33H2,1-2H3,(H,37,40)/b31-29+/t34-,35+/m0/s1/i1D. The van der Waals surface area contributed by atoms with Crippen LogP contribution in [0.1, 0.15) is 195 Å². The minimum Gasteiger partial charge on any atom is -0.394 e. The van der Waals surface area contributed by atoms with Crippen LogP contribution in [0.2, 0.25) is 0 Å². The number of hydrogen-bond donors (Lipinski definition) is 3. The largest absolute Gasteiger partial charge is 0.394 e. The van der Waals surface area contributed by atoms with Crippen molar-refractivity contribution in [3.05, 3.63) is 12.2 Å². The van der Waals surface area contributed by atoms with Crippen molar-refractivity contribution in [1.82, 2.24) is 5.32 Å². The summed E-state index contributed by atoms with van der Waals surface area (Å²) in [6.07, 6.45) is 37.6. The fraction of sp³-hybridized carbons (Fsp3) is 0.917. The molecule has 0 rings (SSSR count). The lowest BCUT2D eigenvalue weighted by Crippen LogP contribution is -2.45. The molecule has 0 radical (unpaired) electrons. The van der Waals surface area contributed by atoms with Crippen molar-refractivity contribution in [2.75, 3.05) is 6.61 Å². The van der Waals surface area contributed by atoms with Crippen molar-refractivity contribution in [2.45, 2.75) is 206 Å². The monoisotopic (exact) mass is 567 g/mol. The van der Waals surface area contributed by atoms with Crippen LogP contribution in [0.5, 0.6) is 0 Å². The number of hydrogen-bond acceptors (Lipinski definition) is 3. The fourth-order valence-corrected chi connectivity index (χ4v) is 5.40. The molecule has 4 nitrogen and oxygen atoms in total. The lowest BCUT2D eigenvalue weighted by Gasteiger charge is -2.20. The van der Waals surface area contributed by atoms with Gasteiger partial charge in [0.2, 0.25) is 5.91 Å². The van der Waals surface area contributed by atoms with Crippen LogP contribution in [-0.4, -0.2) is 34.9 Å². The van der Waals surface area contributed by atoms with Crippen LogP contribution < -0.4 is 5.32 Å². The van der Waals surface area contributed by atoms with E-state index in [0.29, 0.717) is 13.3 Å². The second-order valence-corrected chi connectivity index (χ2v) is 12.2. The Balaban J connectivity index is 3.58. The summed E-state index contributed by atoms with van der Waals surface area (Å²) in [7, 11) is 0. The Morgan fingerprint density at radius 3 is 1.48 bits per heavy atom. The number of unbranched alkanes of at least 4 members (excludes halogenated alkanes) is 25. The number of allylic oxidation sites excluding steroid dienone is 1. The third kappa shape index (κ3) is 28.7. The van der Waals surface area contributed by atoms with E-state index in [1.54, 1.807) is 6.08 Å². The van der Waals surface area contributed by atoms with E-state index in [4.69, 9.17) is 1.37 Å². The van der Waals surface area contributed by atoms with Gasteiger partial charge in [0.1, 0.15) is 0 Å². The van der Waals surface area contributed by atoms with Gasteiger partial charge in [-0.2, -0.15) is 0 Å². The molecule has 3 N–H and O–H groups in total. The van der Waals surface area contributed by atoms with Gasteiger partial charge in [-0.05, 0) is 19.3 Å². The van der Waals surface area contributed by atoms with Crippen LogP contribution in [0.3, 0.4) is 0 Å². The van der Waals surface area contributed by atoms with Crippen molar-refractivity contribution in [2.24, 2.45) is 0 Å². The summed E-state index contributed by atoms with van der Waals surface area (Å²) in [6.45, 7) is 2.60. The normalized spacial score (nSPS) is 13.5. The zero-order valence-electron chi connectivity index (χ0n) is 27.8. The molecule has 0 aliphatic rings. The first-order chi connectivity index (χ1) is 20.2. The predicted octanol–water partition coefficient (Wildman–Crippen LogP) is 10.3. The first-order valence-electron chi connectivity index (χ1n) is 18.4. The number of amides is 1. The van der Waals surface area contributed by atoms with E-state index in [-0.39, 0.29) is 12.5 Å². The highest BCUT2D eigenvalue weighted by Gasteiger charge is 2.17. The zero-order chi connectivity index (χ0) is 30.1. The number of nitrogens with one attached hydrogen (secondary N) is 1. The lowest BCUT2D eigenvalue weighted by molar-refractivity contribution is -0.123. The number of carbonyl (C=O) groups is 1. The molecule has 238 valence electrons. The van der Waals surface area contributed by atoms with Gasteiger partial charge in [0, 0.05) is 7.79 Å². The minimum atomic E-state index is -0.837. The summed E-state index contributed by atoms with van der Waals surface area (Å²) in [4.78, 5) is 12.3. The molecule has 0 saturated heterocycles. The second-order valence-electron chi connectivity index (χ2n) is 12.2. The summed E-state index contributed by atoms with van der Waals surface area (Å²) < 4.78 is 7.16. The fourth-order valence-electron chi connectivity index (χ4n) is 5.40. The molecule has 0 aliphatic carbocycles. The van der Waals surface area contributed by atoms with Crippen LogP contribution in [-0.2, 0) is 4.79 Å². The molecule has 0 unspecified atom stereocenters. The van der Waals surface area contributed by atoms with Gasteiger partial charge in [0.25, 0.3) is 0 Å². The Labute approximate surface area is 252 Å². The van der Waals surface area contributed by atoms with E-state index in [1.165, 1.54) is 141 Å². The molecule has 40 heavy (non-hydrogen) atoms. The summed E-state index contributed by atoms with van der Waals surface area (Å²) in [5.74, 6) is -0.0711. The van der Waals surface area contributed by atoms with Crippen LogP contribution in [0.25, 0.3) is 0 Å². The van der Waals surface area contributed by atoms with Gasteiger partial charge in [0.05, 0.1) is 18.8 Å². The van der Waals surface area contributed by atoms with E-state index in [9.17, 15) is 15.0 Å². The second kappa shape index (κ2) is 32.6. The van der Waals surface area contributed by atoms with Crippen LogP contribution >= 0.6 is 0 Å². The van der Waals surface area contributed by atoms with Gasteiger partial charge in [-0.3, -0.25) is 4.79 Å². The van der Waals surface area contributed by atoms with Crippen molar-refractivity contribution in [3.8, 4) is 0 Å². The highest BCUT2D eigenvalue weighted by Crippen LogP contribution is 2.14. The molecule has 1 amide bonds. The van der Waals surface area contributed by atoms with Crippen molar-refractivity contribution >= 4 is 5.91 Å². The molecule has 0 fully saturated rings. The number of carbonyl (C=O) groups excluding carboxylic acids is 1. The molecule has 0 spiro atoms. The zero-order valence-corrected chi connectivity index (χ0v) is 26.8. The van der Waals surface area contributed by atoms with E-state index in [0.717, 1.165) is 32.1 Å². The van der Waals surface area contributed by atoms with Crippen LogP contribution in [0, 0.1) is 0 Å². The maximum absolute atomic E-state index is 12.3. The Morgan fingerprint density at radius 1 is 0.650 bits per heavy atom. The van der Waals surface area contributed by atoms with Crippen LogP contribution in [0.4, 0.5) is 0 Å². The Kier molecular flexibility index (Phi) is 30.3. The Bertz CT molecular complexity index is 557. The quantitative estimate of drug-likeness (QED) is 0.0560. The molecule has 0 bridgehead atoms. The molecule has 0 aliphatic heterocycles. The Hall–Kier alpha value is -0.870. The third-order valence-corrected chi connectivity index (χ3v) is 8.17. The van der Waals surface area contributed by atoms with Gasteiger partial charge < -0.3 is 15.5 Å².